The van der Waals surface area contributed by atoms with Gasteiger partial charge in [0.2, 0.25) is 27.4 Å². The molecule has 1 aromatic carbocycles. The van der Waals surface area contributed by atoms with E-state index in [0.717, 1.165) is 6.26 Å². The predicted octanol–water partition coefficient (Wildman–Crippen LogP) is 1.50. The van der Waals surface area contributed by atoms with Crippen molar-refractivity contribution in [3.63, 3.8) is 0 Å². The van der Waals surface area contributed by atoms with Gasteiger partial charge >= 0.3 is 16.1 Å². The molecule has 14 heteroatoms. The summed E-state index contributed by atoms with van der Waals surface area (Å²) in [6, 6.07) is 0. The lowest BCUT2D eigenvalue weighted by atomic mass is 10.2. The van der Waals surface area contributed by atoms with Gasteiger partial charge in [-0.3, -0.25) is 9.35 Å². The minimum Gasteiger partial charge on any atom is -0.420 e. The monoisotopic (exact) mass is 437 g/mol. The summed E-state index contributed by atoms with van der Waals surface area (Å²) in [6.45, 7) is 0.102. The summed E-state index contributed by atoms with van der Waals surface area (Å²) in [5, 5.41) is 0. The summed E-state index contributed by atoms with van der Waals surface area (Å²) in [5.41, 5.74) is 0. The molecule has 1 rings (SSSR count). The minimum atomic E-state index is -5.61. The second-order valence-corrected chi connectivity index (χ2v) is 8.53. The summed E-state index contributed by atoms with van der Waals surface area (Å²) in [4.78, 5) is 9.29. The van der Waals surface area contributed by atoms with Crippen molar-refractivity contribution in [1.82, 2.24) is 4.72 Å². The Labute approximate surface area is 152 Å². The highest BCUT2D eigenvalue weighted by Gasteiger charge is 2.33. The summed E-state index contributed by atoms with van der Waals surface area (Å²) < 4.78 is 113. The number of rotatable bonds is 9. The molecular weight excluding hydrogens is 422 g/mol. The first-order valence-electron chi connectivity index (χ1n) is 7.24. The number of esters is 1. The molecule has 0 atom stereocenters. The van der Waals surface area contributed by atoms with Crippen molar-refractivity contribution >= 4 is 26.1 Å². The fourth-order valence-electron chi connectivity index (χ4n) is 1.90. The Kier molecular flexibility index (Phi) is 7.71. The van der Waals surface area contributed by atoms with Crippen LogP contribution in [0.15, 0.2) is 4.90 Å². The van der Waals surface area contributed by atoms with Crippen LogP contribution in [0.2, 0.25) is 0 Å². The Morgan fingerprint density at radius 1 is 0.963 bits per heavy atom. The van der Waals surface area contributed by atoms with Gasteiger partial charge in [-0.25, -0.2) is 21.9 Å². The average Bonchev–Trinajstić information content (AvgIpc) is 2.50. The zero-order valence-electron chi connectivity index (χ0n) is 13.8. The quantitative estimate of drug-likeness (QED) is 0.150. The molecule has 0 fully saturated rings. The highest BCUT2D eigenvalue weighted by molar-refractivity contribution is 7.88. The lowest BCUT2D eigenvalue weighted by Gasteiger charge is -2.10. The number of carbonyl (C=O) groups is 1. The maximum absolute atomic E-state index is 13.7. The Morgan fingerprint density at radius 2 is 1.48 bits per heavy atom. The Bertz CT molecular complexity index is 903. The number of unbranched alkanes of at least 4 members (excludes halogenated alkanes) is 2. The van der Waals surface area contributed by atoms with Crippen LogP contribution in [0.25, 0.3) is 0 Å². The van der Waals surface area contributed by atoms with Gasteiger partial charge in [-0.2, -0.15) is 17.2 Å². The van der Waals surface area contributed by atoms with Crippen LogP contribution in [-0.4, -0.2) is 40.2 Å². The molecule has 2 N–H and O–H groups in total. The van der Waals surface area contributed by atoms with Crippen molar-refractivity contribution in [2.75, 3.05) is 12.8 Å². The highest BCUT2D eigenvalue weighted by Crippen LogP contribution is 2.32. The molecule has 0 amide bonds. The van der Waals surface area contributed by atoms with Crippen molar-refractivity contribution in [2.24, 2.45) is 0 Å². The number of hydrogen-bond donors (Lipinski definition) is 2. The summed E-state index contributed by atoms with van der Waals surface area (Å²) in [5.74, 6) is -12.5. The molecule has 0 aliphatic rings. The van der Waals surface area contributed by atoms with E-state index in [1.807, 2.05) is 0 Å². The van der Waals surface area contributed by atoms with Gasteiger partial charge in [0.05, 0.1) is 6.26 Å². The minimum absolute atomic E-state index is 0.102. The molecule has 0 spiro atoms. The number of benzene rings is 1. The van der Waals surface area contributed by atoms with E-state index in [4.69, 9.17) is 4.55 Å². The number of carbonyl (C=O) groups excluding carboxylic acids is 1. The van der Waals surface area contributed by atoms with E-state index in [-0.39, 0.29) is 13.0 Å². The molecule has 0 aliphatic heterocycles. The first-order valence-corrected chi connectivity index (χ1v) is 10.6. The number of hydrogen-bond acceptors (Lipinski definition) is 6. The van der Waals surface area contributed by atoms with Crippen LogP contribution in [0.3, 0.4) is 0 Å². The van der Waals surface area contributed by atoms with Gasteiger partial charge in [0.25, 0.3) is 0 Å². The topological polar surface area (TPSA) is 127 Å². The summed E-state index contributed by atoms with van der Waals surface area (Å²) in [7, 11) is -8.96. The van der Waals surface area contributed by atoms with Crippen LogP contribution < -0.4 is 9.46 Å². The molecule has 0 saturated carbocycles. The van der Waals surface area contributed by atoms with E-state index in [0.29, 0.717) is 12.8 Å². The van der Waals surface area contributed by atoms with E-state index in [1.165, 1.54) is 0 Å². The standard InChI is InChI=1S/C13H15F4NO7S2/c1-26(20,21)18-6-4-2-3-5-7(19)25-12-8(14)10(16)13(27(22,23)24)11(17)9(12)15/h18H,2-6H2,1H3,(H,22,23,24). The van der Waals surface area contributed by atoms with Crippen LogP contribution in [0.1, 0.15) is 25.7 Å². The molecule has 0 heterocycles. The zero-order valence-corrected chi connectivity index (χ0v) is 15.4. The lowest BCUT2D eigenvalue weighted by molar-refractivity contribution is -0.135. The predicted molar refractivity (Wildman–Crippen MR) is 83.0 cm³/mol. The van der Waals surface area contributed by atoms with Gasteiger partial charge in [-0.1, -0.05) is 6.42 Å². The SMILES string of the molecule is CS(=O)(=O)NCCCCCC(=O)Oc1c(F)c(F)c(S(=O)(=O)O)c(F)c1F. The molecule has 0 saturated heterocycles. The molecule has 0 aromatic heterocycles. The average molecular weight is 437 g/mol. The van der Waals surface area contributed by atoms with Crippen molar-refractivity contribution in [3.8, 4) is 5.75 Å². The fourth-order valence-corrected chi connectivity index (χ4v) is 3.05. The van der Waals surface area contributed by atoms with Crippen LogP contribution in [0.5, 0.6) is 5.75 Å². The van der Waals surface area contributed by atoms with Gasteiger partial charge in [0.1, 0.15) is 0 Å². The second kappa shape index (κ2) is 8.95. The third-order valence-electron chi connectivity index (χ3n) is 3.08. The number of halogens is 4. The van der Waals surface area contributed by atoms with Crippen LogP contribution in [-0.2, 0) is 24.9 Å². The van der Waals surface area contributed by atoms with E-state index >= 15 is 0 Å². The van der Waals surface area contributed by atoms with Crippen LogP contribution >= 0.6 is 0 Å². The van der Waals surface area contributed by atoms with Gasteiger partial charge in [0.15, 0.2) is 16.5 Å². The van der Waals surface area contributed by atoms with E-state index < -0.39 is 66.4 Å². The van der Waals surface area contributed by atoms with Crippen molar-refractivity contribution in [3.05, 3.63) is 23.3 Å². The fraction of sp³-hybridized carbons (Fsp3) is 0.462. The van der Waals surface area contributed by atoms with E-state index in [9.17, 15) is 39.2 Å². The Balaban J connectivity index is 2.76. The number of ether oxygens (including phenoxy) is 1. The highest BCUT2D eigenvalue weighted by atomic mass is 32.2. The van der Waals surface area contributed by atoms with Gasteiger partial charge in [-0.05, 0) is 12.8 Å². The molecule has 27 heavy (non-hydrogen) atoms. The zero-order chi connectivity index (χ0) is 21.0. The first-order chi connectivity index (χ1) is 12.3. The molecule has 1 aromatic rings. The van der Waals surface area contributed by atoms with Crippen molar-refractivity contribution in [1.29, 1.82) is 0 Å². The molecule has 0 radical (unpaired) electrons. The van der Waals surface area contributed by atoms with Gasteiger partial charge in [0, 0.05) is 13.0 Å². The molecule has 0 unspecified atom stereocenters. The molecule has 154 valence electrons. The number of nitrogens with one attached hydrogen (secondary N) is 1. The molecule has 8 nitrogen and oxygen atoms in total. The van der Waals surface area contributed by atoms with Gasteiger partial charge < -0.3 is 4.74 Å². The maximum atomic E-state index is 13.7. The van der Waals surface area contributed by atoms with Crippen molar-refractivity contribution < 1.29 is 48.5 Å². The van der Waals surface area contributed by atoms with Crippen LogP contribution in [0.4, 0.5) is 17.6 Å². The second-order valence-electron chi connectivity index (χ2n) is 5.34. The Hall–Kier alpha value is -1.77. The lowest BCUT2D eigenvalue weighted by Crippen LogP contribution is -2.22. The normalized spacial score (nSPS) is 12.2. The Morgan fingerprint density at radius 3 is 1.93 bits per heavy atom. The largest absolute Gasteiger partial charge is 0.420 e. The van der Waals surface area contributed by atoms with Gasteiger partial charge in [-0.15, -0.1) is 0 Å². The van der Waals surface area contributed by atoms with E-state index in [2.05, 4.69) is 9.46 Å². The summed E-state index contributed by atoms with van der Waals surface area (Å²) in [6.07, 6.45) is 1.32. The first kappa shape index (κ1) is 23.3. The van der Waals surface area contributed by atoms with E-state index in [1.54, 1.807) is 0 Å². The number of sulfonamides is 1. The smallest absolute Gasteiger partial charge is 0.311 e. The molecule has 0 bridgehead atoms. The maximum Gasteiger partial charge on any atom is 0.311 e. The third-order valence-corrected chi connectivity index (χ3v) is 4.68. The molecule has 0 aliphatic carbocycles. The summed E-state index contributed by atoms with van der Waals surface area (Å²) >= 11 is 0. The molecular formula is C13H15F4NO7S2. The van der Waals surface area contributed by atoms with Crippen LogP contribution in [0, 0.1) is 23.3 Å². The third kappa shape index (κ3) is 6.71. The van der Waals surface area contributed by atoms with Crippen molar-refractivity contribution in [2.45, 2.75) is 30.6 Å².